The number of carbonyl (C=O) groups excluding carboxylic acids is 2. The van der Waals surface area contributed by atoms with Crippen molar-refractivity contribution in [3.05, 3.63) is 52.6 Å². The number of amides is 1. The van der Waals surface area contributed by atoms with Crippen molar-refractivity contribution in [1.82, 2.24) is 4.57 Å². The van der Waals surface area contributed by atoms with Crippen LogP contribution in [0.2, 0.25) is 0 Å². The van der Waals surface area contributed by atoms with Crippen LogP contribution in [0.3, 0.4) is 0 Å². The molecule has 0 bridgehead atoms. The summed E-state index contributed by atoms with van der Waals surface area (Å²) in [5.74, 6) is -0.876. The molecule has 28 heavy (non-hydrogen) atoms. The molecule has 3 aromatic rings. The molecule has 1 aromatic heterocycles. The van der Waals surface area contributed by atoms with Gasteiger partial charge in [-0.25, -0.2) is 4.39 Å². The predicted octanol–water partition coefficient (Wildman–Crippen LogP) is 2.77. The van der Waals surface area contributed by atoms with Crippen molar-refractivity contribution in [1.29, 1.82) is 0 Å². The summed E-state index contributed by atoms with van der Waals surface area (Å²) in [6, 6.07) is 9.00. The molecule has 0 unspecified atom stereocenters. The third-order valence-corrected chi connectivity index (χ3v) is 5.03. The molecule has 0 radical (unpaired) electrons. The Bertz CT molecular complexity index is 1120. The van der Waals surface area contributed by atoms with E-state index < -0.39 is 17.7 Å². The van der Waals surface area contributed by atoms with Crippen LogP contribution >= 0.6 is 11.3 Å². The maximum atomic E-state index is 13.6. The van der Waals surface area contributed by atoms with Crippen LogP contribution in [0.1, 0.15) is 10.4 Å². The summed E-state index contributed by atoms with van der Waals surface area (Å²) in [6.45, 7) is -0.163. The fourth-order valence-electron chi connectivity index (χ4n) is 2.68. The van der Waals surface area contributed by atoms with Crippen molar-refractivity contribution < 1.29 is 28.2 Å². The van der Waals surface area contributed by atoms with Gasteiger partial charge in [0.2, 0.25) is 0 Å². The first-order valence-electron chi connectivity index (χ1n) is 8.14. The fraction of sp³-hybridized carbons (Fsp3) is 0.211. The largest absolute Gasteiger partial charge is 0.493 e. The zero-order valence-electron chi connectivity index (χ0n) is 15.4. The lowest BCUT2D eigenvalue weighted by Crippen LogP contribution is -2.22. The molecular formula is C19H17FN2O5S. The van der Waals surface area contributed by atoms with E-state index in [0.717, 1.165) is 11.3 Å². The van der Waals surface area contributed by atoms with Gasteiger partial charge in [-0.2, -0.15) is 4.99 Å². The van der Waals surface area contributed by atoms with E-state index in [4.69, 9.17) is 14.2 Å². The predicted molar refractivity (Wildman–Crippen MR) is 101 cm³/mol. The molecule has 0 saturated carbocycles. The van der Waals surface area contributed by atoms with E-state index >= 15 is 0 Å². The van der Waals surface area contributed by atoms with Gasteiger partial charge >= 0.3 is 5.97 Å². The number of hydrogen-bond acceptors (Lipinski definition) is 6. The van der Waals surface area contributed by atoms with Gasteiger partial charge in [0.15, 0.2) is 16.3 Å². The normalized spacial score (nSPS) is 11.5. The van der Waals surface area contributed by atoms with Gasteiger partial charge in [-0.1, -0.05) is 17.4 Å². The molecule has 1 amide bonds. The fourth-order valence-corrected chi connectivity index (χ4v) is 3.73. The minimum absolute atomic E-state index is 0.163. The molecule has 0 saturated heterocycles. The minimum atomic E-state index is -0.582. The van der Waals surface area contributed by atoms with Crippen LogP contribution in [0.4, 0.5) is 4.39 Å². The first-order chi connectivity index (χ1) is 13.5. The van der Waals surface area contributed by atoms with Gasteiger partial charge in [0.1, 0.15) is 12.4 Å². The lowest BCUT2D eigenvalue weighted by molar-refractivity contribution is -0.141. The Morgan fingerprint density at radius 3 is 2.61 bits per heavy atom. The number of carbonyl (C=O) groups is 2. The Kier molecular flexibility index (Phi) is 5.74. The quantitative estimate of drug-likeness (QED) is 0.611. The van der Waals surface area contributed by atoms with Crippen molar-refractivity contribution in [3.8, 4) is 11.5 Å². The second-order valence-corrected chi connectivity index (χ2v) is 6.63. The Morgan fingerprint density at radius 2 is 1.93 bits per heavy atom. The molecule has 0 aliphatic carbocycles. The highest BCUT2D eigenvalue weighted by atomic mass is 32.1. The Morgan fingerprint density at radius 1 is 1.14 bits per heavy atom. The van der Waals surface area contributed by atoms with Crippen LogP contribution in [-0.2, 0) is 16.1 Å². The van der Waals surface area contributed by atoms with Gasteiger partial charge in [-0.05, 0) is 30.3 Å². The summed E-state index contributed by atoms with van der Waals surface area (Å²) in [4.78, 5) is 29.0. The van der Waals surface area contributed by atoms with Gasteiger partial charge in [-0.15, -0.1) is 0 Å². The van der Waals surface area contributed by atoms with Gasteiger partial charge in [0.25, 0.3) is 5.91 Å². The smallest absolute Gasteiger partial charge is 0.325 e. The number of rotatable bonds is 5. The highest BCUT2D eigenvalue weighted by Crippen LogP contribution is 2.31. The maximum Gasteiger partial charge on any atom is 0.325 e. The molecular weight excluding hydrogens is 387 g/mol. The van der Waals surface area contributed by atoms with Crippen LogP contribution in [0.5, 0.6) is 11.5 Å². The number of aromatic nitrogens is 1. The molecule has 0 fully saturated rings. The molecule has 2 aromatic carbocycles. The van der Waals surface area contributed by atoms with E-state index in [1.165, 1.54) is 44.1 Å². The molecule has 0 spiro atoms. The topological polar surface area (TPSA) is 79.1 Å². The number of fused-ring (bicyclic) bond motifs is 1. The Hall–Kier alpha value is -3.20. The zero-order chi connectivity index (χ0) is 20.3. The van der Waals surface area contributed by atoms with Gasteiger partial charge in [0.05, 0.1) is 37.1 Å². The number of para-hydroxylation sites is 1. The molecule has 0 atom stereocenters. The maximum absolute atomic E-state index is 13.6. The minimum Gasteiger partial charge on any atom is -0.493 e. The number of hydrogen-bond donors (Lipinski definition) is 0. The lowest BCUT2D eigenvalue weighted by atomic mass is 10.2. The van der Waals surface area contributed by atoms with Crippen LogP contribution in [-0.4, -0.2) is 37.8 Å². The summed E-state index contributed by atoms with van der Waals surface area (Å²) in [5, 5.41) is 0. The SMILES string of the molecule is COC(=O)Cn1c(=NC(=O)c2cccc(OC)c2OC)sc2cc(F)ccc21. The summed E-state index contributed by atoms with van der Waals surface area (Å²) in [5.41, 5.74) is 0.774. The molecule has 146 valence electrons. The van der Waals surface area contributed by atoms with Gasteiger partial charge in [-0.3, -0.25) is 9.59 Å². The van der Waals surface area contributed by atoms with Crippen LogP contribution < -0.4 is 14.3 Å². The molecule has 7 nitrogen and oxygen atoms in total. The number of nitrogens with zero attached hydrogens (tertiary/aromatic N) is 2. The molecule has 0 aliphatic rings. The third-order valence-electron chi connectivity index (χ3n) is 3.99. The van der Waals surface area contributed by atoms with Crippen molar-refractivity contribution in [2.24, 2.45) is 4.99 Å². The van der Waals surface area contributed by atoms with Gasteiger partial charge < -0.3 is 18.8 Å². The highest BCUT2D eigenvalue weighted by molar-refractivity contribution is 7.16. The number of thiazole rings is 1. The van der Waals surface area contributed by atoms with Gasteiger partial charge in [0, 0.05) is 0 Å². The average Bonchev–Trinajstić information content (AvgIpc) is 3.02. The summed E-state index contributed by atoms with van der Waals surface area (Å²) >= 11 is 1.09. The molecule has 1 heterocycles. The van der Waals surface area contributed by atoms with E-state index in [-0.39, 0.29) is 22.7 Å². The highest BCUT2D eigenvalue weighted by Gasteiger charge is 2.17. The van der Waals surface area contributed by atoms with Crippen molar-refractivity contribution in [2.75, 3.05) is 21.3 Å². The number of benzene rings is 2. The van der Waals surface area contributed by atoms with Crippen molar-refractivity contribution >= 4 is 33.4 Å². The molecule has 0 aliphatic heterocycles. The number of esters is 1. The summed E-state index contributed by atoms with van der Waals surface area (Å²) in [7, 11) is 4.16. The van der Waals surface area contributed by atoms with Crippen LogP contribution in [0, 0.1) is 5.82 Å². The van der Waals surface area contributed by atoms with E-state index in [0.29, 0.717) is 16.0 Å². The lowest BCUT2D eigenvalue weighted by Gasteiger charge is -2.10. The van der Waals surface area contributed by atoms with E-state index in [1.807, 2.05) is 0 Å². The van der Waals surface area contributed by atoms with E-state index in [2.05, 4.69) is 4.99 Å². The Balaban J connectivity index is 2.17. The Labute approximate surface area is 163 Å². The molecule has 3 rings (SSSR count). The first-order valence-corrected chi connectivity index (χ1v) is 8.96. The monoisotopic (exact) mass is 404 g/mol. The van der Waals surface area contributed by atoms with E-state index in [9.17, 15) is 14.0 Å². The van der Waals surface area contributed by atoms with Crippen LogP contribution in [0.15, 0.2) is 41.4 Å². The zero-order valence-corrected chi connectivity index (χ0v) is 16.2. The van der Waals surface area contributed by atoms with Crippen molar-refractivity contribution in [2.45, 2.75) is 6.54 Å². The third kappa shape index (κ3) is 3.74. The van der Waals surface area contributed by atoms with Crippen molar-refractivity contribution in [3.63, 3.8) is 0 Å². The second-order valence-electron chi connectivity index (χ2n) is 5.62. The second kappa shape index (κ2) is 8.22. The number of halogens is 1. The summed E-state index contributed by atoms with van der Waals surface area (Å²) < 4.78 is 30.9. The molecule has 0 N–H and O–H groups in total. The number of methoxy groups -OCH3 is 3. The van der Waals surface area contributed by atoms with E-state index in [1.54, 1.807) is 18.2 Å². The molecule has 9 heteroatoms. The first kappa shape index (κ1) is 19.6. The summed E-state index contributed by atoms with van der Waals surface area (Å²) in [6.07, 6.45) is 0. The van der Waals surface area contributed by atoms with Crippen LogP contribution in [0.25, 0.3) is 10.2 Å². The average molecular weight is 404 g/mol. The standard InChI is InChI=1S/C19H17FN2O5S/c1-25-14-6-4-5-12(17(14)27-3)18(24)21-19-22(10-16(23)26-2)13-8-7-11(20)9-15(13)28-19/h4-9H,10H2,1-3H3. The number of ether oxygens (including phenoxy) is 3.